The van der Waals surface area contributed by atoms with Gasteiger partial charge in [0.15, 0.2) is 5.70 Å². The second kappa shape index (κ2) is 8.19. The molecule has 148 valence electrons. The molecule has 1 aliphatic heterocycles. The zero-order valence-electron chi connectivity index (χ0n) is 15.4. The summed E-state index contributed by atoms with van der Waals surface area (Å²) >= 11 is 0. The van der Waals surface area contributed by atoms with Crippen molar-refractivity contribution in [3.63, 3.8) is 0 Å². The van der Waals surface area contributed by atoms with Crippen molar-refractivity contribution in [2.24, 2.45) is 4.99 Å². The third kappa shape index (κ3) is 4.82. The molecule has 0 saturated heterocycles. The van der Waals surface area contributed by atoms with Gasteiger partial charge in [0, 0.05) is 24.8 Å². The summed E-state index contributed by atoms with van der Waals surface area (Å²) in [7, 11) is 1.87. The van der Waals surface area contributed by atoms with Crippen LogP contribution in [0.4, 0.5) is 18.9 Å². The molecule has 1 heterocycles. The number of carbonyl (C=O) groups excluding carboxylic acids is 1. The van der Waals surface area contributed by atoms with Crippen molar-refractivity contribution in [1.82, 2.24) is 0 Å². The molecule has 8 heteroatoms. The molecule has 2 aromatic rings. The first-order valence-corrected chi connectivity index (χ1v) is 8.66. The van der Waals surface area contributed by atoms with Gasteiger partial charge in [-0.15, -0.1) is 0 Å². The van der Waals surface area contributed by atoms with Crippen molar-refractivity contribution in [3.8, 4) is 6.07 Å². The Balaban J connectivity index is 1.77. The van der Waals surface area contributed by atoms with Crippen molar-refractivity contribution in [2.45, 2.75) is 12.6 Å². The Morgan fingerprint density at radius 3 is 2.38 bits per heavy atom. The zero-order chi connectivity index (χ0) is 21.0. The number of anilines is 1. The number of ether oxygens (including phenoxy) is 1. The van der Waals surface area contributed by atoms with Crippen LogP contribution in [-0.4, -0.2) is 25.5 Å². The SMILES string of the molecule is CN(CCC#N)c1ccc(C=C2N=C(c3ccc(C(F)(F)F)cc3)OC2=O)cc1. The summed E-state index contributed by atoms with van der Waals surface area (Å²) in [6.07, 6.45) is -2.49. The van der Waals surface area contributed by atoms with Crippen LogP contribution in [0, 0.1) is 11.3 Å². The highest BCUT2D eigenvalue weighted by Gasteiger charge is 2.31. The molecule has 0 saturated carbocycles. The molecule has 0 radical (unpaired) electrons. The Labute approximate surface area is 165 Å². The first kappa shape index (κ1) is 20.1. The smallest absolute Gasteiger partial charge is 0.402 e. The Hall–Kier alpha value is -3.60. The minimum atomic E-state index is -4.44. The first-order valence-electron chi connectivity index (χ1n) is 8.66. The van der Waals surface area contributed by atoms with Crippen molar-refractivity contribution < 1.29 is 22.7 Å². The van der Waals surface area contributed by atoms with Gasteiger partial charge in [0.05, 0.1) is 18.1 Å². The van der Waals surface area contributed by atoms with Crippen LogP contribution in [0.15, 0.2) is 59.2 Å². The van der Waals surface area contributed by atoms with Gasteiger partial charge in [0.1, 0.15) is 0 Å². The lowest BCUT2D eigenvalue weighted by Gasteiger charge is -2.17. The van der Waals surface area contributed by atoms with Gasteiger partial charge in [0.2, 0.25) is 5.90 Å². The van der Waals surface area contributed by atoms with Crippen molar-refractivity contribution in [3.05, 3.63) is 70.9 Å². The van der Waals surface area contributed by atoms with E-state index in [2.05, 4.69) is 11.1 Å². The third-order valence-corrected chi connectivity index (χ3v) is 4.28. The van der Waals surface area contributed by atoms with E-state index in [9.17, 15) is 18.0 Å². The van der Waals surface area contributed by atoms with Gasteiger partial charge in [-0.05, 0) is 48.0 Å². The first-order chi connectivity index (χ1) is 13.8. The number of aliphatic imine (C=N–C) groups is 1. The molecule has 0 atom stereocenters. The molecule has 0 spiro atoms. The number of carbonyl (C=O) groups is 1. The van der Waals surface area contributed by atoms with Crippen LogP contribution in [0.5, 0.6) is 0 Å². The van der Waals surface area contributed by atoms with E-state index in [0.717, 1.165) is 17.8 Å². The molecule has 2 aromatic carbocycles. The Bertz CT molecular complexity index is 1000. The van der Waals surface area contributed by atoms with E-state index in [1.54, 1.807) is 18.2 Å². The van der Waals surface area contributed by atoms with E-state index in [0.29, 0.717) is 18.5 Å². The van der Waals surface area contributed by atoms with Crippen molar-refractivity contribution >= 4 is 23.6 Å². The van der Waals surface area contributed by atoms with E-state index in [4.69, 9.17) is 10.00 Å². The number of cyclic esters (lactones) is 1. The van der Waals surface area contributed by atoms with E-state index >= 15 is 0 Å². The number of nitrogens with zero attached hydrogens (tertiary/aromatic N) is 3. The minimum Gasteiger partial charge on any atom is -0.402 e. The minimum absolute atomic E-state index is 0.0390. The average molecular weight is 399 g/mol. The quantitative estimate of drug-likeness (QED) is 0.552. The highest BCUT2D eigenvalue weighted by atomic mass is 19.4. The molecular formula is C21H16F3N3O2. The molecule has 0 aromatic heterocycles. The lowest BCUT2D eigenvalue weighted by Crippen LogP contribution is -2.17. The van der Waals surface area contributed by atoms with Gasteiger partial charge >= 0.3 is 12.1 Å². The fourth-order valence-corrected chi connectivity index (χ4v) is 2.66. The van der Waals surface area contributed by atoms with Gasteiger partial charge < -0.3 is 9.64 Å². The monoisotopic (exact) mass is 399 g/mol. The van der Waals surface area contributed by atoms with Gasteiger partial charge in [-0.2, -0.15) is 18.4 Å². The predicted octanol–water partition coefficient (Wildman–Crippen LogP) is 4.40. The van der Waals surface area contributed by atoms with Crippen molar-refractivity contribution in [2.75, 3.05) is 18.5 Å². The Kier molecular flexibility index (Phi) is 5.69. The second-order valence-electron chi connectivity index (χ2n) is 6.33. The molecule has 0 N–H and O–H groups in total. The summed E-state index contributed by atoms with van der Waals surface area (Å²) < 4.78 is 43.1. The number of hydrogen-bond acceptors (Lipinski definition) is 5. The van der Waals surface area contributed by atoms with Crippen molar-refractivity contribution in [1.29, 1.82) is 5.26 Å². The molecule has 0 fully saturated rings. The zero-order valence-corrected chi connectivity index (χ0v) is 15.4. The molecule has 0 bridgehead atoms. The van der Waals surface area contributed by atoms with Gasteiger partial charge in [-0.1, -0.05) is 12.1 Å². The molecule has 5 nitrogen and oxygen atoms in total. The highest BCUT2D eigenvalue weighted by molar-refractivity contribution is 6.12. The van der Waals surface area contributed by atoms with Gasteiger partial charge in [0.25, 0.3) is 0 Å². The normalized spacial score (nSPS) is 15.1. The second-order valence-corrected chi connectivity index (χ2v) is 6.33. The summed E-state index contributed by atoms with van der Waals surface area (Å²) in [4.78, 5) is 18.1. The van der Waals surface area contributed by atoms with Crippen LogP contribution >= 0.6 is 0 Å². The standard InChI is InChI=1S/C21H16F3N3O2/c1-27(12-2-11-25)17-9-3-14(4-10-17)13-18-20(28)29-19(26-18)15-5-7-16(8-6-15)21(22,23)24/h3-10,13H,2,12H2,1H3. The maximum atomic E-state index is 12.7. The molecule has 1 aliphatic rings. The highest BCUT2D eigenvalue weighted by Crippen LogP contribution is 2.29. The van der Waals surface area contributed by atoms with E-state index in [1.807, 2.05) is 24.1 Å². The molecule has 0 aliphatic carbocycles. The molecule has 0 amide bonds. The maximum absolute atomic E-state index is 12.7. The van der Waals surface area contributed by atoms with E-state index in [1.165, 1.54) is 12.1 Å². The fraction of sp³-hybridized carbons (Fsp3) is 0.190. The largest absolute Gasteiger partial charge is 0.416 e. The number of hydrogen-bond donors (Lipinski definition) is 0. The number of halogens is 3. The molecule has 3 rings (SSSR count). The summed E-state index contributed by atoms with van der Waals surface area (Å²) in [6, 6.07) is 13.6. The van der Waals surface area contributed by atoms with E-state index < -0.39 is 17.7 Å². The number of rotatable bonds is 5. The van der Waals surface area contributed by atoms with Crippen LogP contribution < -0.4 is 4.90 Å². The summed E-state index contributed by atoms with van der Waals surface area (Å²) in [5, 5.41) is 8.65. The fourth-order valence-electron chi connectivity index (χ4n) is 2.66. The van der Waals surface area contributed by atoms with Crippen LogP contribution in [-0.2, 0) is 15.7 Å². The Morgan fingerprint density at radius 1 is 1.14 bits per heavy atom. The predicted molar refractivity (Wildman–Crippen MR) is 102 cm³/mol. The maximum Gasteiger partial charge on any atom is 0.416 e. The molecular weight excluding hydrogens is 383 g/mol. The summed E-state index contributed by atoms with van der Waals surface area (Å²) in [5.74, 6) is -0.710. The molecule has 0 unspecified atom stereocenters. The van der Waals surface area contributed by atoms with E-state index in [-0.39, 0.29) is 17.2 Å². The van der Waals surface area contributed by atoms with Crippen LogP contribution in [0.2, 0.25) is 0 Å². The summed E-state index contributed by atoms with van der Waals surface area (Å²) in [5.41, 5.74) is 1.19. The van der Waals surface area contributed by atoms with Gasteiger partial charge in [-0.25, -0.2) is 9.79 Å². The average Bonchev–Trinajstić information content (AvgIpc) is 3.06. The number of benzene rings is 2. The van der Waals surface area contributed by atoms with Crippen LogP contribution in [0.25, 0.3) is 6.08 Å². The summed E-state index contributed by atoms with van der Waals surface area (Å²) in [6.45, 7) is 0.601. The number of nitriles is 1. The van der Waals surface area contributed by atoms with Gasteiger partial charge in [-0.3, -0.25) is 0 Å². The number of alkyl halides is 3. The lowest BCUT2D eigenvalue weighted by atomic mass is 10.1. The Morgan fingerprint density at radius 2 is 1.79 bits per heavy atom. The number of esters is 1. The molecule has 29 heavy (non-hydrogen) atoms. The van der Waals surface area contributed by atoms with Crippen LogP contribution in [0.3, 0.4) is 0 Å². The lowest BCUT2D eigenvalue weighted by molar-refractivity contribution is -0.137. The van der Waals surface area contributed by atoms with Crippen LogP contribution in [0.1, 0.15) is 23.1 Å². The topological polar surface area (TPSA) is 65.7 Å². The third-order valence-electron chi connectivity index (χ3n) is 4.28.